The first-order chi connectivity index (χ1) is 8.73. The highest BCUT2D eigenvalue weighted by molar-refractivity contribution is 9.10. The molecule has 0 aromatic carbocycles. The van der Waals surface area contributed by atoms with E-state index in [1.807, 2.05) is 20.2 Å². The molecular formula is C14H22BrNO2. The Labute approximate surface area is 117 Å². The third-order valence-electron chi connectivity index (χ3n) is 4.08. The lowest BCUT2D eigenvalue weighted by atomic mass is 9.84. The van der Waals surface area contributed by atoms with Crippen molar-refractivity contribution in [1.29, 1.82) is 0 Å². The van der Waals surface area contributed by atoms with Crippen molar-refractivity contribution in [3.8, 4) is 0 Å². The van der Waals surface area contributed by atoms with Crippen molar-refractivity contribution in [2.45, 2.75) is 50.2 Å². The summed E-state index contributed by atoms with van der Waals surface area (Å²) in [5.41, 5.74) is -0.147. The molecule has 0 amide bonds. The van der Waals surface area contributed by atoms with Gasteiger partial charge in [0.1, 0.15) is 5.76 Å². The monoisotopic (exact) mass is 315 g/mol. The third-order valence-corrected chi connectivity index (χ3v) is 4.73. The summed E-state index contributed by atoms with van der Waals surface area (Å²) in [6.45, 7) is 0. The molecule has 3 nitrogen and oxygen atoms in total. The minimum atomic E-state index is -0.147. The zero-order valence-electron chi connectivity index (χ0n) is 11.2. The molecule has 1 aromatic rings. The number of halogens is 1. The summed E-state index contributed by atoms with van der Waals surface area (Å²) in [7, 11) is 3.80. The second-order valence-corrected chi connectivity index (χ2v) is 5.89. The fourth-order valence-electron chi connectivity index (χ4n) is 3.08. The van der Waals surface area contributed by atoms with Crippen LogP contribution >= 0.6 is 15.9 Å². The van der Waals surface area contributed by atoms with Gasteiger partial charge in [-0.15, -0.1) is 0 Å². The first kappa shape index (κ1) is 14.1. The number of ether oxygens (including phenoxy) is 1. The van der Waals surface area contributed by atoms with E-state index >= 15 is 0 Å². The third kappa shape index (κ3) is 2.65. The van der Waals surface area contributed by atoms with Crippen LogP contribution in [-0.2, 0) is 4.74 Å². The van der Waals surface area contributed by atoms with Gasteiger partial charge < -0.3 is 14.5 Å². The smallest absolute Gasteiger partial charge is 0.137 e. The molecule has 0 aliphatic heterocycles. The number of furan rings is 1. The van der Waals surface area contributed by atoms with Gasteiger partial charge in [0.2, 0.25) is 0 Å². The van der Waals surface area contributed by atoms with E-state index in [-0.39, 0.29) is 11.6 Å². The molecule has 1 aromatic heterocycles. The van der Waals surface area contributed by atoms with Gasteiger partial charge >= 0.3 is 0 Å². The van der Waals surface area contributed by atoms with Crippen LogP contribution in [0, 0.1) is 0 Å². The fraction of sp³-hybridized carbons (Fsp3) is 0.714. The molecule has 1 aliphatic rings. The second-order valence-electron chi connectivity index (χ2n) is 5.04. The molecule has 4 heteroatoms. The summed E-state index contributed by atoms with van der Waals surface area (Å²) < 4.78 is 12.6. The predicted molar refractivity (Wildman–Crippen MR) is 75.7 cm³/mol. The van der Waals surface area contributed by atoms with Gasteiger partial charge in [-0.2, -0.15) is 0 Å². The molecule has 1 heterocycles. The fourth-order valence-corrected chi connectivity index (χ4v) is 3.51. The molecule has 0 radical (unpaired) electrons. The quantitative estimate of drug-likeness (QED) is 0.851. The minimum Gasteiger partial charge on any atom is -0.466 e. The molecule has 1 unspecified atom stereocenters. The van der Waals surface area contributed by atoms with Crippen molar-refractivity contribution >= 4 is 15.9 Å². The van der Waals surface area contributed by atoms with E-state index in [1.165, 1.54) is 25.7 Å². The van der Waals surface area contributed by atoms with Gasteiger partial charge in [0.05, 0.1) is 22.4 Å². The van der Waals surface area contributed by atoms with Gasteiger partial charge in [-0.25, -0.2) is 0 Å². The van der Waals surface area contributed by atoms with Gasteiger partial charge in [0, 0.05) is 7.11 Å². The van der Waals surface area contributed by atoms with E-state index in [2.05, 4.69) is 21.2 Å². The Balaban J connectivity index is 2.30. The van der Waals surface area contributed by atoms with Crippen LogP contribution in [-0.4, -0.2) is 19.8 Å². The normalized spacial score (nSPS) is 21.5. The molecule has 2 rings (SSSR count). The van der Waals surface area contributed by atoms with E-state index in [0.717, 1.165) is 23.1 Å². The summed E-state index contributed by atoms with van der Waals surface area (Å²) in [5.74, 6) is 0.946. The summed E-state index contributed by atoms with van der Waals surface area (Å²) in [5, 5.41) is 3.39. The number of likely N-dealkylation sites (N-methyl/N-ethyl adjacent to an activating group) is 1. The van der Waals surface area contributed by atoms with Crippen LogP contribution in [0.1, 0.15) is 50.3 Å². The predicted octanol–water partition coefficient (Wildman–Crippen LogP) is 4.04. The molecule has 1 atom stereocenters. The van der Waals surface area contributed by atoms with Gasteiger partial charge in [0.15, 0.2) is 0 Å². The zero-order chi connectivity index (χ0) is 13.0. The van der Waals surface area contributed by atoms with Crippen LogP contribution in [0.4, 0.5) is 0 Å². The molecule has 1 fully saturated rings. The maximum atomic E-state index is 5.95. The van der Waals surface area contributed by atoms with Gasteiger partial charge in [0.25, 0.3) is 0 Å². The number of rotatable bonds is 4. The highest BCUT2D eigenvalue weighted by atomic mass is 79.9. The van der Waals surface area contributed by atoms with Crippen molar-refractivity contribution in [3.63, 3.8) is 0 Å². The van der Waals surface area contributed by atoms with Crippen LogP contribution in [0.3, 0.4) is 0 Å². The molecular weight excluding hydrogens is 294 g/mol. The highest BCUT2D eigenvalue weighted by Gasteiger charge is 2.41. The van der Waals surface area contributed by atoms with E-state index < -0.39 is 0 Å². The Morgan fingerprint density at radius 1 is 1.33 bits per heavy atom. The average molecular weight is 316 g/mol. The van der Waals surface area contributed by atoms with Crippen molar-refractivity contribution in [2.75, 3.05) is 14.2 Å². The van der Waals surface area contributed by atoms with Crippen LogP contribution in [0.25, 0.3) is 0 Å². The Kier molecular flexibility index (Phi) is 4.87. The van der Waals surface area contributed by atoms with Crippen molar-refractivity contribution in [1.82, 2.24) is 5.32 Å². The van der Waals surface area contributed by atoms with E-state index in [0.29, 0.717) is 0 Å². The Hall–Kier alpha value is -0.320. The highest BCUT2D eigenvalue weighted by Crippen LogP contribution is 2.42. The molecule has 18 heavy (non-hydrogen) atoms. The van der Waals surface area contributed by atoms with E-state index in [4.69, 9.17) is 9.15 Å². The molecule has 0 spiro atoms. The number of hydrogen-bond acceptors (Lipinski definition) is 3. The average Bonchev–Trinajstić information content (AvgIpc) is 2.67. The van der Waals surface area contributed by atoms with Crippen LogP contribution < -0.4 is 5.32 Å². The van der Waals surface area contributed by atoms with E-state index in [9.17, 15) is 0 Å². The summed E-state index contributed by atoms with van der Waals surface area (Å²) in [6, 6.07) is 2.05. The minimum absolute atomic E-state index is 0.102. The van der Waals surface area contributed by atoms with Crippen LogP contribution in [0.2, 0.25) is 0 Å². The molecule has 102 valence electrons. The number of methoxy groups -OCH3 is 1. The van der Waals surface area contributed by atoms with Crippen LogP contribution in [0.15, 0.2) is 21.2 Å². The molecule has 0 saturated heterocycles. The maximum absolute atomic E-state index is 5.95. The molecule has 0 bridgehead atoms. The maximum Gasteiger partial charge on any atom is 0.137 e. The Morgan fingerprint density at radius 3 is 2.44 bits per heavy atom. The van der Waals surface area contributed by atoms with Crippen LogP contribution in [0.5, 0.6) is 0 Å². The summed E-state index contributed by atoms with van der Waals surface area (Å²) in [6.07, 6.45) is 8.96. The van der Waals surface area contributed by atoms with Crippen molar-refractivity contribution < 1.29 is 9.15 Å². The van der Waals surface area contributed by atoms with Crippen molar-refractivity contribution in [3.05, 3.63) is 22.6 Å². The van der Waals surface area contributed by atoms with Crippen molar-refractivity contribution in [2.24, 2.45) is 0 Å². The Bertz CT molecular complexity index is 370. The molecule has 1 aliphatic carbocycles. The van der Waals surface area contributed by atoms with E-state index in [1.54, 1.807) is 6.26 Å². The lowest BCUT2D eigenvalue weighted by molar-refractivity contribution is -0.0573. The summed E-state index contributed by atoms with van der Waals surface area (Å²) in [4.78, 5) is 0. The summed E-state index contributed by atoms with van der Waals surface area (Å²) >= 11 is 3.56. The lowest BCUT2D eigenvalue weighted by Crippen LogP contribution is -2.44. The first-order valence-electron chi connectivity index (χ1n) is 6.69. The number of nitrogens with one attached hydrogen (secondary N) is 1. The standard InChI is InChI=1S/C14H22BrNO2/c1-16-13(12-11(15)7-10-18-12)14(17-2)8-5-3-4-6-9-14/h7,10,13,16H,3-6,8-9H2,1-2H3. The Morgan fingerprint density at radius 2 is 2.00 bits per heavy atom. The molecule has 1 saturated carbocycles. The first-order valence-corrected chi connectivity index (χ1v) is 7.48. The lowest BCUT2D eigenvalue weighted by Gasteiger charge is -2.38. The molecule has 1 N–H and O–H groups in total. The van der Waals surface area contributed by atoms with Gasteiger partial charge in [-0.1, -0.05) is 25.7 Å². The SMILES string of the molecule is CNC(c1occc1Br)C1(OC)CCCCCC1. The largest absolute Gasteiger partial charge is 0.466 e. The number of hydrogen-bond donors (Lipinski definition) is 1. The topological polar surface area (TPSA) is 34.4 Å². The van der Waals surface area contributed by atoms with Gasteiger partial charge in [-0.05, 0) is 41.9 Å². The second kappa shape index (κ2) is 6.22. The van der Waals surface area contributed by atoms with Gasteiger partial charge in [-0.3, -0.25) is 0 Å². The zero-order valence-corrected chi connectivity index (χ0v) is 12.8.